The number of nitrogens with zero attached hydrogens (tertiary/aromatic N) is 3. The highest BCUT2D eigenvalue weighted by atomic mass is 16.8. The van der Waals surface area contributed by atoms with Gasteiger partial charge in [-0.3, -0.25) is 14.4 Å². The zero-order valence-electron chi connectivity index (χ0n) is 52.7. The van der Waals surface area contributed by atoms with Crippen LogP contribution < -0.4 is 0 Å². The van der Waals surface area contributed by atoms with Gasteiger partial charge >= 0.3 is 41.8 Å². The minimum absolute atomic E-state index is 0.0397. The second kappa shape index (κ2) is 31.3. The maximum absolute atomic E-state index is 15.2. The third kappa shape index (κ3) is 18.2. The molecule has 4 aromatic carbocycles. The van der Waals surface area contributed by atoms with Crippen LogP contribution in [0.3, 0.4) is 0 Å². The second-order valence-corrected chi connectivity index (χ2v) is 22.9. The van der Waals surface area contributed by atoms with E-state index in [1.54, 1.807) is 91.8 Å². The predicted molar refractivity (Wildman–Crippen MR) is 318 cm³/mol. The van der Waals surface area contributed by atoms with Gasteiger partial charge in [0.05, 0.1) is 22.3 Å². The topological polar surface area (TPSA) is 270 Å². The zero-order valence-corrected chi connectivity index (χ0v) is 52.7. The Morgan fingerprint density at radius 2 is 0.759 bits per heavy atom. The zero-order chi connectivity index (χ0) is 64.0. The van der Waals surface area contributed by atoms with Gasteiger partial charge in [-0.2, -0.15) is 0 Å². The van der Waals surface area contributed by atoms with Gasteiger partial charge in [-0.1, -0.05) is 102 Å². The number of benzene rings is 4. The van der Waals surface area contributed by atoms with Gasteiger partial charge in [0.2, 0.25) is 0 Å². The molecule has 0 aliphatic carbocycles. The molecule has 6 rings (SSSR count). The van der Waals surface area contributed by atoms with Crippen molar-refractivity contribution in [2.75, 3.05) is 26.4 Å². The summed E-state index contributed by atoms with van der Waals surface area (Å²) in [5, 5.41) is 3.59. The number of carbonyl (C=O) groups is 7. The van der Waals surface area contributed by atoms with E-state index >= 15 is 14.4 Å². The van der Waals surface area contributed by atoms with E-state index in [0.717, 1.165) is 68.7 Å². The summed E-state index contributed by atoms with van der Waals surface area (Å²) in [5.41, 5.74) is 17.1. The molecular formula is C66H83N3O18. The summed E-state index contributed by atoms with van der Waals surface area (Å²) in [7, 11) is 0. The molecule has 0 unspecified atom stereocenters. The van der Waals surface area contributed by atoms with E-state index in [9.17, 15) is 19.2 Å². The van der Waals surface area contributed by atoms with Crippen LogP contribution in [0.4, 0.5) is 0 Å². The SMILES string of the molecule is CC(=O)OC[C@H]1O[C@H](OCCCCCCCCN=[N+]=[N-])[C@H](OC(C)=O)[C@@H](O[C@@H]2O[C@H](COC(=O)c3c(C)cc(C)cc3C)[C@H](OC(=O)c3c(C)cc(C)cc3C)[C@H](OC(=O)c3c(C)cc(C)cc3C)[C@H]2OC(=O)c2c(C)cc(C)cc2C)[C@H]1OC(C)=O. The van der Waals surface area contributed by atoms with Crippen LogP contribution in [0.2, 0.25) is 0 Å². The molecule has 0 radical (unpaired) electrons. The van der Waals surface area contributed by atoms with Gasteiger partial charge in [0.15, 0.2) is 43.1 Å². The molecule has 0 amide bonds. The first-order valence-corrected chi connectivity index (χ1v) is 29.4. The average molecular weight is 1210 g/mol. The molecule has 0 aromatic heterocycles. The molecule has 0 N–H and O–H groups in total. The quantitative estimate of drug-likeness (QED) is 0.0149. The number of aryl methyl sites for hydroxylation is 12. The largest absolute Gasteiger partial charge is 0.463 e. The fourth-order valence-electron chi connectivity index (χ4n) is 11.9. The van der Waals surface area contributed by atoms with Crippen molar-refractivity contribution in [3.8, 4) is 0 Å². The highest BCUT2D eigenvalue weighted by Gasteiger charge is 2.58. The standard InChI is InChI=1S/C66H83N3O18/c1-34-24-38(5)51(39(6)25-34)61(73)79-33-50-56(84-62(74)52-40(7)26-35(2)27-41(52)8)57(85-63(75)53-42(9)28-36(3)29-43(53)10)60(86-64(76)54-44(11)30-37(4)31-45(54)12)66(83-50)87-58-55(80-47(14)71)49(32-78-46(13)70)82-65(59(58)81-48(15)72)77-23-21-19-17-16-18-20-22-68-69-67/h24-31,49-50,55-60,65-66H,16-23,32-33H2,1-15H3/t49-,50-,55+,56+,57+,58+,59-,60-,65+,66+/m1/s1. The second-order valence-electron chi connectivity index (χ2n) is 22.9. The highest BCUT2D eigenvalue weighted by Crippen LogP contribution is 2.38. The third-order valence-corrected chi connectivity index (χ3v) is 15.2. The Morgan fingerprint density at radius 3 is 1.18 bits per heavy atom. The molecule has 2 heterocycles. The molecule has 87 heavy (non-hydrogen) atoms. The smallest absolute Gasteiger partial charge is 0.339 e. The van der Waals surface area contributed by atoms with Crippen LogP contribution in [-0.2, 0) is 66.5 Å². The monoisotopic (exact) mass is 1210 g/mol. The van der Waals surface area contributed by atoms with E-state index in [0.29, 0.717) is 63.9 Å². The van der Waals surface area contributed by atoms with E-state index in [2.05, 4.69) is 10.0 Å². The van der Waals surface area contributed by atoms with Crippen molar-refractivity contribution >= 4 is 41.8 Å². The molecule has 0 bridgehead atoms. The van der Waals surface area contributed by atoms with Crippen LogP contribution in [0.5, 0.6) is 0 Å². The van der Waals surface area contributed by atoms with E-state index in [1.165, 1.54) is 0 Å². The van der Waals surface area contributed by atoms with E-state index in [4.69, 9.17) is 57.6 Å². The molecule has 4 aromatic rings. The molecular weight excluding hydrogens is 1120 g/mol. The Morgan fingerprint density at radius 1 is 0.414 bits per heavy atom. The number of ether oxygens (including phenoxy) is 11. The van der Waals surface area contributed by atoms with Gasteiger partial charge in [-0.05, 0) is 146 Å². The van der Waals surface area contributed by atoms with Crippen LogP contribution in [0.25, 0.3) is 10.4 Å². The maximum Gasteiger partial charge on any atom is 0.339 e. The van der Waals surface area contributed by atoms with E-state index in [1.807, 2.05) is 39.8 Å². The van der Waals surface area contributed by atoms with Crippen LogP contribution in [-0.4, -0.2) is 130 Å². The van der Waals surface area contributed by atoms with E-state index < -0.39 is 116 Å². The van der Waals surface area contributed by atoms with Crippen LogP contribution in [0.15, 0.2) is 53.6 Å². The number of esters is 7. The average Bonchev–Trinajstić information content (AvgIpc) is 0.929. The van der Waals surface area contributed by atoms with Crippen LogP contribution in [0, 0.1) is 83.1 Å². The number of carbonyl (C=O) groups excluding carboxylic acids is 7. The fraction of sp³-hybridized carbons (Fsp3) is 0.530. The maximum atomic E-state index is 15.2. The first kappa shape index (κ1) is 68.4. The lowest BCUT2D eigenvalue weighted by Crippen LogP contribution is -2.67. The molecule has 470 valence electrons. The molecule has 2 fully saturated rings. The summed E-state index contributed by atoms with van der Waals surface area (Å²) >= 11 is 0. The fourth-order valence-corrected chi connectivity index (χ4v) is 11.9. The molecule has 2 aliphatic rings. The van der Waals surface area contributed by atoms with Crippen LogP contribution >= 0.6 is 0 Å². The first-order valence-electron chi connectivity index (χ1n) is 29.4. The van der Waals surface area contributed by atoms with Crippen molar-refractivity contribution in [2.45, 2.75) is 204 Å². The highest BCUT2D eigenvalue weighted by molar-refractivity contribution is 5.95. The summed E-state index contributed by atoms with van der Waals surface area (Å²) in [6.07, 6.45) is -12.8. The van der Waals surface area contributed by atoms with Crippen molar-refractivity contribution in [1.29, 1.82) is 0 Å². The molecule has 21 nitrogen and oxygen atoms in total. The molecule has 2 saturated heterocycles. The van der Waals surface area contributed by atoms with Crippen molar-refractivity contribution in [2.24, 2.45) is 5.11 Å². The Bertz CT molecular complexity index is 3150. The lowest BCUT2D eigenvalue weighted by atomic mass is 9.94. The Hall–Kier alpha value is -7.68. The van der Waals surface area contributed by atoms with Crippen molar-refractivity contribution in [3.05, 3.63) is 148 Å². The van der Waals surface area contributed by atoms with Gasteiger partial charge in [0, 0.05) is 38.8 Å². The molecule has 0 saturated carbocycles. The van der Waals surface area contributed by atoms with Crippen molar-refractivity contribution in [1.82, 2.24) is 0 Å². The van der Waals surface area contributed by atoms with Crippen LogP contribution in [0.1, 0.15) is 167 Å². The number of unbranched alkanes of at least 4 members (excludes halogenated alkanes) is 5. The molecule has 10 atom stereocenters. The van der Waals surface area contributed by atoms with Gasteiger partial charge < -0.3 is 52.1 Å². The summed E-state index contributed by atoms with van der Waals surface area (Å²) in [6.45, 7) is 23.9. The van der Waals surface area contributed by atoms with Gasteiger partial charge in [-0.15, -0.1) is 0 Å². The Balaban J connectivity index is 1.58. The first-order chi connectivity index (χ1) is 41.2. The van der Waals surface area contributed by atoms with Gasteiger partial charge in [-0.25, -0.2) is 19.2 Å². The molecule has 0 spiro atoms. The number of hydrogen-bond donors (Lipinski definition) is 0. The Labute approximate surface area is 508 Å². The van der Waals surface area contributed by atoms with Gasteiger partial charge in [0.25, 0.3) is 0 Å². The van der Waals surface area contributed by atoms with E-state index in [-0.39, 0.29) is 28.9 Å². The number of hydrogen-bond acceptors (Lipinski definition) is 19. The molecule has 2 aliphatic heterocycles. The Kier molecular flexibility index (Phi) is 24.6. The van der Waals surface area contributed by atoms with Crippen molar-refractivity contribution in [3.63, 3.8) is 0 Å². The molecule has 21 heteroatoms. The minimum atomic E-state index is -2.02. The lowest BCUT2D eigenvalue weighted by Gasteiger charge is -2.49. The number of rotatable bonds is 25. The number of azide groups is 1. The summed E-state index contributed by atoms with van der Waals surface area (Å²) in [6, 6.07) is 14.4. The lowest BCUT2D eigenvalue weighted by molar-refractivity contribution is -0.359. The van der Waals surface area contributed by atoms with Gasteiger partial charge in [0.1, 0.15) is 31.5 Å². The van der Waals surface area contributed by atoms with Crippen molar-refractivity contribution < 1.29 is 85.7 Å². The minimum Gasteiger partial charge on any atom is -0.463 e. The summed E-state index contributed by atoms with van der Waals surface area (Å²) < 4.78 is 70.1. The summed E-state index contributed by atoms with van der Waals surface area (Å²) in [5.74, 6) is -6.03. The normalized spacial score (nSPS) is 21.6. The third-order valence-electron chi connectivity index (χ3n) is 15.2. The summed E-state index contributed by atoms with van der Waals surface area (Å²) in [4.78, 5) is 102. The predicted octanol–water partition coefficient (Wildman–Crippen LogP) is 11.2.